The molecule has 0 amide bonds. The number of carboxylic acids is 1. The van der Waals surface area contributed by atoms with E-state index in [0.29, 0.717) is 0 Å². The van der Waals surface area contributed by atoms with Gasteiger partial charge in [-0.2, -0.15) is 0 Å². The molecule has 0 aromatic heterocycles. The molecule has 13 heavy (non-hydrogen) atoms. The largest absolute Gasteiger partial charge is 0.490 e. The zero-order valence-corrected chi connectivity index (χ0v) is 6.87. The average Bonchev–Trinajstić information content (AvgIpc) is 2.15. The highest BCUT2D eigenvalue weighted by Gasteiger charge is 2.09. The number of hydrogen-bond acceptors (Lipinski definition) is 2. The van der Waals surface area contributed by atoms with E-state index in [4.69, 9.17) is 9.84 Å². The van der Waals surface area contributed by atoms with Crippen molar-refractivity contribution in [1.29, 1.82) is 0 Å². The van der Waals surface area contributed by atoms with Crippen molar-refractivity contribution in [2.24, 2.45) is 0 Å². The monoisotopic (exact) mass is 184 g/mol. The standard InChI is InChI=1S/C9H9FO3/c10-5-6-13-8-4-2-1-3-7(8)9(11)12/h1-4H,5-6H2,(H,11,12). The maximum atomic E-state index is 11.7. The van der Waals surface area contributed by atoms with Gasteiger partial charge in [-0.1, -0.05) is 12.1 Å². The first-order valence-corrected chi connectivity index (χ1v) is 3.77. The second kappa shape index (κ2) is 4.45. The lowest BCUT2D eigenvalue weighted by Gasteiger charge is -2.05. The van der Waals surface area contributed by atoms with E-state index < -0.39 is 12.6 Å². The molecule has 0 radical (unpaired) electrons. The summed E-state index contributed by atoms with van der Waals surface area (Å²) in [6.07, 6.45) is 0. The lowest BCUT2D eigenvalue weighted by Crippen LogP contribution is -2.04. The van der Waals surface area contributed by atoms with Crippen LogP contribution in [0.15, 0.2) is 24.3 Å². The number of alkyl halides is 1. The fourth-order valence-corrected chi connectivity index (χ4v) is 0.918. The Bertz CT molecular complexity index is 299. The van der Waals surface area contributed by atoms with Gasteiger partial charge in [0.05, 0.1) is 0 Å². The van der Waals surface area contributed by atoms with E-state index in [-0.39, 0.29) is 17.9 Å². The quantitative estimate of drug-likeness (QED) is 0.775. The Morgan fingerprint density at radius 3 is 2.77 bits per heavy atom. The normalized spacial score (nSPS) is 9.62. The molecular weight excluding hydrogens is 175 g/mol. The van der Waals surface area contributed by atoms with Gasteiger partial charge in [0.1, 0.15) is 24.6 Å². The van der Waals surface area contributed by atoms with Crippen LogP contribution in [0, 0.1) is 0 Å². The topological polar surface area (TPSA) is 46.5 Å². The first kappa shape index (κ1) is 9.51. The summed E-state index contributed by atoms with van der Waals surface area (Å²) in [5.74, 6) is -0.873. The van der Waals surface area contributed by atoms with Gasteiger partial charge in [0.2, 0.25) is 0 Å². The van der Waals surface area contributed by atoms with Gasteiger partial charge in [0.25, 0.3) is 0 Å². The van der Waals surface area contributed by atoms with Crippen LogP contribution < -0.4 is 4.74 Å². The van der Waals surface area contributed by atoms with E-state index in [2.05, 4.69) is 0 Å². The molecule has 0 saturated heterocycles. The summed E-state index contributed by atoms with van der Waals surface area (Å²) in [6, 6.07) is 6.14. The van der Waals surface area contributed by atoms with Crippen molar-refractivity contribution in [3.05, 3.63) is 29.8 Å². The van der Waals surface area contributed by atoms with Crippen LogP contribution in [-0.4, -0.2) is 24.4 Å². The van der Waals surface area contributed by atoms with E-state index in [1.165, 1.54) is 12.1 Å². The van der Waals surface area contributed by atoms with Crippen molar-refractivity contribution in [3.8, 4) is 5.75 Å². The third-order valence-electron chi connectivity index (χ3n) is 1.45. The maximum absolute atomic E-state index is 11.7. The predicted molar refractivity (Wildman–Crippen MR) is 44.9 cm³/mol. The number of hydrogen-bond donors (Lipinski definition) is 1. The Morgan fingerprint density at radius 2 is 2.15 bits per heavy atom. The van der Waals surface area contributed by atoms with Crippen molar-refractivity contribution in [2.45, 2.75) is 0 Å². The van der Waals surface area contributed by atoms with Gasteiger partial charge < -0.3 is 9.84 Å². The number of rotatable bonds is 4. The Kier molecular flexibility index (Phi) is 3.25. The second-order valence-corrected chi connectivity index (χ2v) is 2.34. The summed E-state index contributed by atoms with van der Waals surface area (Å²) in [6.45, 7) is -0.752. The summed E-state index contributed by atoms with van der Waals surface area (Å²) in [5, 5.41) is 8.69. The van der Waals surface area contributed by atoms with Crippen LogP contribution >= 0.6 is 0 Å². The van der Waals surface area contributed by atoms with Crippen molar-refractivity contribution in [2.75, 3.05) is 13.3 Å². The average molecular weight is 184 g/mol. The molecule has 3 nitrogen and oxygen atoms in total. The Balaban J connectivity index is 2.84. The minimum absolute atomic E-state index is 0.0518. The number of aromatic carboxylic acids is 1. The minimum Gasteiger partial charge on any atom is -0.490 e. The lowest BCUT2D eigenvalue weighted by molar-refractivity contribution is 0.0692. The van der Waals surface area contributed by atoms with Crippen molar-refractivity contribution in [1.82, 2.24) is 0 Å². The maximum Gasteiger partial charge on any atom is 0.339 e. The molecule has 0 spiro atoms. The van der Waals surface area contributed by atoms with Crippen LogP contribution in [0.1, 0.15) is 10.4 Å². The van der Waals surface area contributed by atoms with Gasteiger partial charge in [-0.25, -0.2) is 9.18 Å². The second-order valence-electron chi connectivity index (χ2n) is 2.34. The van der Waals surface area contributed by atoms with Crippen molar-refractivity contribution >= 4 is 5.97 Å². The fourth-order valence-electron chi connectivity index (χ4n) is 0.918. The summed E-state index contributed by atoms with van der Waals surface area (Å²) in [7, 11) is 0. The fraction of sp³-hybridized carbons (Fsp3) is 0.222. The highest BCUT2D eigenvalue weighted by atomic mass is 19.1. The first-order chi connectivity index (χ1) is 6.25. The minimum atomic E-state index is -1.07. The molecule has 0 aliphatic rings. The van der Waals surface area contributed by atoms with E-state index in [1.54, 1.807) is 12.1 Å². The number of ether oxygens (including phenoxy) is 1. The highest BCUT2D eigenvalue weighted by Crippen LogP contribution is 2.17. The molecule has 0 unspecified atom stereocenters. The number of para-hydroxylation sites is 1. The lowest BCUT2D eigenvalue weighted by atomic mass is 10.2. The SMILES string of the molecule is O=C(O)c1ccccc1OCCF. The summed E-state index contributed by atoms with van der Waals surface area (Å²) in [4.78, 5) is 10.6. The number of benzene rings is 1. The predicted octanol–water partition coefficient (Wildman–Crippen LogP) is 1.73. The van der Waals surface area contributed by atoms with Gasteiger partial charge in [0, 0.05) is 0 Å². The van der Waals surface area contributed by atoms with Crippen LogP contribution in [0.3, 0.4) is 0 Å². The van der Waals surface area contributed by atoms with Crippen LogP contribution in [0.5, 0.6) is 5.75 Å². The molecule has 1 N–H and O–H groups in total. The number of halogens is 1. The van der Waals surface area contributed by atoms with Crippen molar-refractivity contribution < 1.29 is 19.0 Å². The van der Waals surface area contributed by atoms with Gasteiger partial charge in [-0.3, -0.25) is 0 Å². The van der Waals surface area contributed by atoms with E-state index in [1.807, 2.05) is 0 Å². The molecule has 0 saturated carbocycles. The van der Waals surface area contributed by atoms with Gasteiger partial charge in [0.15, 0.2) is 0 Å². The van der Waals surface area contributed by atoms with E-state index in [0.717, 1.165) is 0 Å². The number of carboxylic acid groups (broad SMARTS) is 1. The van der Waals surface area contributed by atoms with Crippen LogP contribution in [0.2, 0.25) is 0 Å². The third-order valence-corrected chi connectivity index (χ3v) is 1.45. The van der Waals surface area contributed by atoms with Gasteiger partial charge in [-0.05, 0) is 12.1 Å². The molecule has 0 heterocycles. The van der Waals surface area contributed by atoms with Crippen LogP contribution in [-0.2, 0) is 0 Å². The molecule has 1 aromatic rings. The van der Waals surface area contributed by atoms with E-state index >= 15 is 0 Å². The molecule has 1 aromatic carbocycles. The van der Waals surface area contributed by atoms with Gasteiger partial charge in [-0.15, -0.1) is 0 Å². The van der Waals surface area contributed by atoms with Crippen LogP contribution in [0.4, 0.5) is 4.39 Å². The molecule has 0 aliphatic carbocycles. The molecule has 0 atom stereocenters. The summed E-state index contributed by atoms with van der Waals surface area (Å²) < 4.78 is 16.6. The zero-order valence-electron chi connectivity index (χ0n) is 6.87. The van der Waals surface area contributed by atoms with Gasteiger partial charge >= 0.3 is 5.97 Å². The van der Waals surface area contributed by atoms with E-state index in [9.17, 15) is 9.18 Å². The first-order valence-electron chi connectivity index (χ1n) is 3.77. The van der Waals surface area contributed by atoms with Crippen molar-refractivity contribution in [3.63, 3.8) is 0 Å². The molecule has 0 bridgehead atoms. The number of carbonyl (C=O) groups is 1. The Labute approximate surface area is 74.8 Å². The summed E-state index contributed by atoms with van der Waals surface area (Å²) >= 11 is 0. The molecular formula is C9H9FO3. The highest BCUT2D eigenvalue weighted by molar-refractivity contribution is 5.90. The third kappa shape index (κ3) is 2.43. The zero-order chi connectivity index (χ0) is 9.68. The molecule has 1 rings (SSSR count). The molecule has 0 fully saturated rings. The molecule has 0 aliphatic heterocycles. The smallest absolute Gasteiger partial charge is 0.339 e. The Hall–Kier alpha value is -1.58. The molecule has 4 heteroatoms. The molecule has 70 valence electrons. The summed E-state index contributed by atoms with van der Waals surface area (Å²) in [5.41, 5.74) is 0.0518. The Morgan fingerprint density at radius 1 is 1.46 bits per heavy atom. The van der Waals surface area contributed by atoms with Crippen LogP contribution in [0.25, 0.3) is 0 Å².